The van der Waals surface area contributed by atoms with Crippen molar-refractivity contribution < 1.29 is 32.3 Å². The molecule has 4 aromatic carbocycles. The molecule has 3 fully saturated rings. The van der Waals surface area contributed by atoms with Gasteiger partial charge in [-0.15, -0.1) is 6.58 Å². The van der Waals surface area contributed by atoms with Crippen molar-refractivity contribution in [3.05, 3.63) is 206 Å². The van der Waals surface area contributed by atoms with E-state index in [-0.39, 0.29) is 13.3 Å². The Hall–Kier alpha value is -3.56. The fraction of sp³-hybridized carbons (Fsp3) is 0.451. The van der Waals surface area contributed by atoms with Crippen molar-refractivity contribution in [2.24, 2.45) is 27.2 Å². The van der Waals surface area contributed by atoms with E-state index >= 15 is 0 Å². The van der Waals surface area contributed by atoms with E-state index in [1.807, 2.05) is 63.4 Å². The number of ether oxygens (including phenoxy) is 1. The minimum atomic E-state index is -0.493. The Morgan fingerprint density at radius 2 is 1.32 bits per heavy atom. The average Bonchev–Trinajstić information content (AvgIpc) is 3.98. The Labute approximate surface area is 519 Å². The zero-order valence-electron chi connectivity index (χ0n) is 50.4. The number of nitrogens with zero attached hydrogens (tertiary/aromatic N) is 2. The van der Waals surface area contributed by atoms with Crippen LogP contribution < -0.4 is 9.72 Å². The molecule has 81 heavy (non-hydrogen) atoms. The Bertz CT molecular complexity index is 2850. The molecule has 438 valence electrons. The van der Waals surface area contributed by atoms with Gasteiger partial charge in [-0.2, -0.15) is 11.4 Å². The van der Waals surface area contributed by atoms with Crippen LogP contribution in [0.3, 0.4) is 0 Å². The zero-order valence-corrected chi connectivity index (χ0v) is 57.7. The van der Waals surface area contributed by atoms with Crippen LogP contribution in [0.15, 0.2) is 153 Å². The number of aliphatic hydroxyl groups excluding tert-OH is 1. The molecule has 5 aliphatic rings. The van der Waals surface area contributed by atoms with E-state index in [4.69, 9.17) is 12.8 Å². The number of halogens is 2. The normalized spacial score (nSPS) is 18.2. The number of allylic oxidation sites excluding steroid dienone is 5. The molecular weight excluding hydrogens is 1250 g/mol. The van der Waals surface area contributed by atoms with Gasteiger partial charge in [0.2, 0.25) is 0 Å². The molecule has 0 amide bonds. The molecule has 0 spiro atoms. The van der Waals surface area contributed by atoms with Crippen LogP contribution in [0.1, 0.15) is 172 Å². The average molecular weight is 1340 g/mol. The van der Waals surface area contributed by atoms with E-state index < -0.39 is 17.9 Å². The Kier molecular flexibility index (Phi) is 30.6. The maximum absolute atomic E-state index is 11.0. The second kappa shape index (κ2) is 36.3. The second-order valence-electron chi connectivity index (χ2n) is 23.0. The van der Waals surface area contributed by atoms with Crippen molar-refractivity contribution >= 4 is 64.3 Å². The number of hydrogen-bond donors (Lipinski definition) is 1. The van der Waals surface area contributed by atoms with Gasteiger partial charge in [-0.3, -0.25) is 0 Å². The molecule has 2 unspecified atom stereocenters. The van der Waals surface area contributed by atoms with Gasteiger partial charge in [0.05, 0.1) is 24.8 Å². The van der Waals surface area contributed by atoms with Crippen LogP contribution in [0, 0.1) is 65.2 Å². The van der Waals surface area contributed by atoms with Gasteiger partial charge in [0, 0.05) is 10.0 Å². The molecule has 5 aromatic rings. The summed E-state index contributed by atoms with van der Waals surface area (Å²) in [6.07, 6.45) is 33.8. The van der Waals surface area contributed by atoms with Crippen molar-refractivity contribution in [1.29, 1.82) is 0 Å². The van der Waals surface area contributed by atoms with Gasteiger partial charge < -0.3 is 19.4 Å². The van der Waals surface area contributed by atoms with Crippen molar-refractivity contribution in [2.75, 3.05) is 6.66 Å². The summed E-state index contributed by atoms with van der Waals surface area (Å²) in [4.78, 5) is 4.11. The van der Waals surface area contributed by atoms with Gasteiger partial charge in [-0.05, 0) is 171 Å². The Morgan fingerprint density at radius 1 is 0.728 bits per heavy atom. The van der Waals surface area contributed by atoms with Crippen LogP contribution in [0.4, 0.5) is 5.69 Å². The molecule has 0 saturated heterocycles. The maximum atomic E-state index is 11.0. The molecule has 1 N–H and O–H groups in total. The third-order valence-electron chi connectivity index (χ3n) is 16.0. The van der Waals surface area contributed by atoms with Crippen LogP contribution in [0.2, 0.25) is 0 Å². The van der Waals surface area contributed by atoms with Crippen LogP contribution in [0.25, 0.3) is 5.57 Å². The standard InChI is InChI=1S/C21H24Br2O.C10H12.C9H18OP2.C9H10O.C8H9N.C8H14.C6H8N.Mo/c1-12-17(22)10-13-6-2-4-8-15(13)19(12)20-16-9-5-3-7-14(16)11-18(23)21(20)24;1-10(2,3)9-7-5-4-6-8-9;1-12(11)10-8-7-9-5-3-2-4-6-9;1-3-10-9-6-4-8(2)5-7-9;1-6-4-3-5-7(2)8(6)9;1-2-8-6-4-3-5-7-8;1-5-3-4-6(2)7-5;/h10-11,14,16,24H,2-9H2,1H3;1,4-8H,2-3H3;7-9H,2-6,11H2,1H3;3-7H,1H2,2H3;3-5H,1-2H3;2,8H,1,3-7H2;3-4H,1-2H3;/q;;;;;;-1;/b;;8-7-;;;;;/t14-,16-;;;;;;;/m1......./s1. The van der Waals surface area contributed by atoms with Gasteiger partial charge >= 0.3 is 130 Å². The predicted octanol–water partition coefficient (Wildman–Crippen LogP) is 22.4. The van der Waals surface area contributed by atoms with Crippen molar-refractivity contribution in [3.8, 4) is 5.75 Å². The summed E-state index contributed by atoms with van der Waals surface area (Å²) in [5, 5.41) is 11.0. The molecule has 5 aliphatic carbocycles. The summed E-state index contributed by atoms with van der Waals surface area (Å²) < 4.78 is 19.8. The van der Waals surface area contributed by atoms with Gasteiger partial charge in [0.15, 0.2) is 0 Å². The second-order valence-corrected chi connectivity index (χ2v) is 29.8. The Balaban J connectivity index is 0.000000189. The first kappa shape index (κ1) is 68.2. The number of fused-ring (bicyclic) bond motifs is 2. The summed E-state index contributed by atoms with van der Waals surface area (Å²) in [6, 6.07) is 31.2. The molecule has 0 aliphatic heterocycles. The third-order valence-corrected chi connectivity index (χ3v) is 20.7. The van der Waals surface area contributed by atoms with Crippen LogP contribution >= 0.6 is 48.6 Å². The number of benzene rings is 4. The summed E-state index contributed by atoms with van der Waals surface area (Å²) >= 11 is 6.93. The number of aryl methyl sites for hydroxylation is 6. The molecule has 4 atom stereocenters. The fourth-order valence-electron chi connectivity index (χ4n) is 11.3. The third kappa shape index (κ3) is 23.1. The first-order valence-electron chi connectivity index (χ1n) is 29.7. The van der Waals surface area contributed by atoms with E-state index in [1.165, 1.54) is 176 Å². The van der Waals surface area contributed by atoms with Gasteiger partial charge in [0.25, 0.3) is 0 Å². The van der Waals surface area contributed by atoms with Gasteiger partial charge in [-0.25, -0.2) is 0 Å². The van der Waals surface area contributed by atoms with Crippen molar-refractivity contribution in [3.63, 3.8) is 0 Å². The zero-order chi connectivity index (χ0) is 58.7. The van der Waals surface area contributed by atoms with Gasteiger partial charge in [0.1, 0.15) is 11.5 Å². The van der Waals surface area contributed by atoms with Crippen molar-refractivity contribution in [2.45, 2.75) is 176 Å². The topological polar surface area (TPSA) is 65.2 Å². The van der Waals surface area contributed by atoms with E-state index in [0.717, 1.165) is 39.9 Å². The van der Waals surface area contributed by atoms with E-state index in [0.29, 0.717) is 17.6 Å². The number of hydrogen-bond acceptors (Lipinski definition) is 4. The molecule has 1 heterocycles. The molecule has 0 bridgehead atoms. The summed E-state index contributed by atoms with van der Waals surface area (Å²) in [6.45, 7) is 26.4. The minimum absolute atomic E-state index is 0.101. The first-order chi connectivity index (χ1) is 38.9. The molecule has 10 heteroatoms. The van der Waals surface area contributed by atoms with E-state index in [9.17, 15) is 5.11 Å². The number of rotatable bonds is 10. The molecule has 3 saturated carbocycles. The fourth-order valence-corrected chi connectivity index (χ4v) is 14.9. The molecule has 10 rings (SSSR count). The molecule has 0 radical (unpaired) electrons. The van der Waals surface area contributed by atoms with Crippen LogP contribution in [-0.2, 0) is 40.7 Å². The number of aliphatic hydroxyl groups is 1. The SMILES string of the molecule is C=CC1CCCCC1.C=COc1ccc(C)cc1.CP(P)O/C=C\C1CCCCC1.Cc1c(Br)cc2c(c1C1=C(O)C(Br)=C[C@H]3CCCC[C@@H]13)CCCC2.Cc1ccc(C)[n-]1.Cc1cccc(C)c1[N]=[Mo]=[CH]C(C)(C)c1ccccc1. The van der Waals surface area contributed by atoms with Crippen molar-refractivity contribution in [1.82, 2.24) is 4.98 Å². The van der Waals surface area contributed by atoms with Crippen LogP contribution in [0.5, 0.6) is 5.75 Å². The quantitative estimate of drug-likeness (QED) is 0.0655. The van der Waals surface area contributed by atoms with E-state index in [1.54, 1.807) is 0 Å². The summed E-state index contributed by atoms with van der Waals surface area (Å²) in [7, 11) is 2.39. The predicted molar refractivity (Wildman–Crippen MR) is 358 cm³/mol. The molecule has 5 nitrogen and oxygen atoms in total. The molecular formula is C71H95Br2MoN2O3P2-. The number of aromatic nitrogens is 1. The summed E-state index contributed by atoms with van der Waals surface area (Å²) in [5.41, 5.74) is 15.5. The monoisotopic (exact) mass is 1340 g/mol. The molecule has 1 aromatic heterocycles. The van der Waals surface area contributed by atoms with E-state index in [2.05, 4.69) is 177 Å². The Morgan fingerprint density at radius 3 is 1.89 bits per heavy atom. The van der Waals surface area contributed by atoms with Gasteiger partial charge in [-0.1, -0.05) is 139 Å². The summed E-state index contributed by atoms with van der Waals surface area (Å²) in [5.74, 6) is 3.99. The first-order valence-corrected chi connectivity index (χ1v) is 36.7. The van der Waals surface area contributed by atoms with Crippen LogP contribution in [-0.4, -0.2) is 16.2 Å².